The third-order valence-electron chi connectivity index (χ3n) is 5.07. The molecule has 1 N–H and O–H groups in total. The zero-order chi connectivity index (χ0) is 21.3. The summed E-state index contributed by atoms with van der Waals surface area (Å²) < 4.78 is 7.45. The third-order valence-corrected chi connectivity index (χ3v) is 6.04. The zero-order valence-corrected chi connectivity index (χ0v) is 18.6. The Hall–Kier alpha value is -2.61. The first-order valence-electron chi connectivity index (χ1n) is 10.3. The van der Waals surface area contributed by atoms with Crippen LogP contribution in [0.4, 0.5) is 0 Å². The van der Waals surface area contributed by atoms with E-state index in [2.05, 4.69) is 52.5 Å². The Balaban J connectivity index is 1.41. The Morgan fingerprint density at radius 2 is 2.00 bits per heavy atom. The summed E-state index contributed by atoms with van der Waals surface area (Å²) in [5, 5.41) is 7.91. The summed E-state index contributed by atoms with van der Waals surface area (Å²) >= 11 is 1.41. The highest BCUT2D eigenvalue weighted by Crippen LogP contribution is 2.38. The molecule has 1 atom stereocenters. The van der Waals surface area contributed by atoms with Gasteiger partial charge in [0.1, 0.15) is 6.04 Å². The van der Waals surface area contributed by atoms with Crippen molar-refractivity contribution in [1.29, 1.82) is 0 Å². The molecule has 1 amide bonds. The largest absolute Gasteiger partial charge is 0.343 e. The standard InChI is InChI=1S/C22H27N5O2S/c1-13(2)19(21-25-20(26-29-21)16-5-6-16)24-18(28)12-30-22-23-7-8-27(22)17-10-14(3)9-15(4)11-17/h7-11,13,16,19H,5-6,12H2,1-4H3,(H,24,28). The number of benzene rings is 1. The number of nitrogens with zero attached hydrogens (tertiary/aromatic N) is 4. The zero-order valence-electron chi connectivity index (χ0n) is 17.8. The number of thioether (sulfide) groups is 1. The van der Waals surface area contributed by atoms with E-state index in [1.54, 1.807) is 6.20 Å². The van der Waals surface area contributed by atoms with Crippen LogP contribution in [-0.2, 0) is 4.79 Å². The van der Waals surface area contributed by atoms with E-state index in [-0.39, 0.29) is 23.6 Å². The summed E-state index contributed by atoms with van der Waals surface area (Å²) in [6.07, 6.45) is 5.90. The molecule has 1 fully saturated rings. The third kappa shape index (κ3) is 4.75. The molecule has 2 aromatic heterocycles. The van der Waals surface area contributed by atoms with Crippen LogP contribution in [0.25, 0.3) is 5.69 Å². The predicted octanol–water partition coefficient (Wildman–Crippen LogP) is 4.36. The molecule has 0 radical (unpaired) electrons. The highest BCUT2D eigenvalue weighted by atomic mass is 32.2. The van der Waals surface area contributed by atoms with Gasteiger partial charge in [0.05, 0.1) is 5.75 Å². The number of hydrogen-bond donors (Lipinski definition) is 1. The molecular weight excluding hydrogens is 398 g/mol. The normalized spacial score (nSPS) is 14.8. The monoisotopic (exact) mass is 425 g/mol. The molecule has 1 saturated carbocycles. The van der Waals surface area contributed by atoms with E-state index in [1.165, 1.54) is 22.9 Å². The molecule has 158 valence electrons. The smallest absolute Gasteiger partial charge is 0.249 e. The van der Waals surface area contributed by atoms with Crippen LogP contribution in [0.2, 0.25) is 0 Å². The number of carbonyl (C=O) groups excluding carboxylic acids is 1. The summed E-state index contributed by atoms with van der Waals surface area (Å²) in [6, 6.07) is 6.07. The van der Waals surface area contributed by atoms with Gasteiger partial charge in [0, 0.05) is 24.0 Å². The lowest BCUT2D eigenvalue weighted by atomic mass is 10.0. The van der Waals surface area contributed by atoms with Crippen molar-refractivity contribution in [3.63, 3.8) is 0 Å². The fourth-order valence-corrected chi connectivity index (χ4v) is 4.21. The average molecular weight is 426 g/mol. The molecule has 0 spiro atoms. The Bertz CT molecular complexity index is 1020. The van der Waals surface area contributed by atoms with Gasteiger partial charge in [-0.2, -0.15) is 4.98 Å². The van der Waals surface area contributed by atoms with Gasteiger partial charge in [0.25, 0.3) is 0 Å². The molecule has 1 aromatic carbocycles. The first-order chi connectivity index (χ1) is 14.4. The molecule has 4 rings (SSSR count). The van der Waals surface area contributed by atoms with Gasteiger partial charge >= 0.3 is 0 Å². The minimum Gasteiger partial charge on any atom is -0.343 e. The van der Waals surface area contributed by atoms with Crippen LogP contribution < -0.4 is 5.32 Å². The lowest BCUT2D eigenvalue weighted by molar-refractivity contribution is -0.119. The number of imidazole rings is 1. The van der Waals surface area contributed by atoms with Crippen LogP contribution in [0.15, 0.2) is 40.3 Å². The van der Waals surface area contributed by atoms with Crippen molar-refractivity contribution in [3.05, 3.63) is 53.4 Å². The van der Waals surface area contributed by atoms with Gasteiger partial charge in [0.2, 0.25) is 11.8 Å². The topological polar surface area (TPSA) is 85.8 Å². The van der Waals surface area contributed by atoms with Crippen LogP contribution in [-0.4, -0.2) is 31.4 Å². The number of nitrogens with one attached hydrogen (secondary N) is 1. The van der Waals surface area contributed by atoms with Crippen molar-refractivity contribution in [2.45, 2.75) is 57.7 Å². The van der Waals surface area contributed by atoms with E-state index in [9.17, 15) is 4.79 Å². The van der Waals surface area contributed by atoms with Gasteiger partial charge in [-0.05, 0) is 55.9 Å². The molecule has 0 bridgehead atoms. The number of aryl methyl sites for hydroxylation is 2. The quantitative estimate of drug-likeness (QED) is 0.540. The summed E-state index contributed by atoms with van der Waals surface area (Å²) in [6.45, 7) is 8.22. The first-order valence-corrected chi connectivity index (χ1v) is 11.3. The molecule has 0 saturated heterocycles. The molecular formula is C22H27N5O2S. The van der Waals surface area contributed by atoms with Crippen LogP contribution in [0, 0.1) is 19.8 Å². The van der Waals surface area contributed by atoms with Crippen molar-refractivity contribution in [3.8, 4) is 5.69 Å². The SMILES string of the molecule is Cc1cc(C)cc(-n2ccnc2SCC(=O)NC(c2nc(C3CC3)no2)C(C)C)c1. The van der Waals surface area contributed by atoms with E-state index < -0.39 is 0 Å². The molecule has 2 heterocycles. The molecule has 7 nitrogen and oxygen atoms in total. The Morgan fingerprint density at radius 1 is 1.27 bits per heavy atom. The van der Waals surface area contributed by atoms with E-state index >= 15 is 0 Å². The maximum absolute atomic E-state index is 12.7. The Morgan fingerprint density at radius 3 is 2.67 bits per heavy atom. The van der Waals surface area contributed by atoms with E-state index in [4.69, 9.17) is 4.52 Å². The van der Waals surface area contributed by atoms with Crippen LogP contribution in [0.1, 0.15) is 61.5 Å². The van der Waals surface area contributed by atoms with Gasteiger partial charge in [-0.15, -0.1) is 0 Å². The summed E-state index contributed by atoms with van der Waals surface area (Å²) in [4.78, 5) is 21.6. The lowest BCUT2D eigenvalue weighted by Crippen LogP contribution is -2.33. The number of aromatic nitrogens is 4. The van der Waals surface area contributed by atoms with Crippen LogP contribution in [0.5, 0.6) is 0 Å². The first kappa shape index (κ1) is 20.7. The summed E-state index contributed by atoms with van der Waals surface area (Å²) in [7, 11) is 0. The van der Waals surface area contributed by atoms with Crippen molar-refractivity contribution in [2.24, 2.45) is 5.92 Å². The molecule has 1 unspecified atom stereocenters. The van der Waals surface area contributed by atoms with Gasteiger partial charge in [0.15, 0.2) is 11.0 Å². The molecule has 1 aliphatic rings. The van der Waals surface area contributed by atoms with E-state index in [0.29, 0.717) is 11.8 Å². The van der Waals surface area contributed by atoms with Gasteiger partial charge in [-0.25, -0.2) is 4.98 Å². The molecule has 8 heteroatoms. The Kier molecular flexibility index (Phi) is 5.94. The second-order valence-corrected chi connectivity index (χ2v) is 9.21. The number of carbonyl (C=O) groups is 1. The van der Waals surface area contributed by atoms with Crippen LogP contribution >= 0.6 is 11.8 Å². The van der Waals surface area contributed by atoms with Crippen molar-refractivity contribution >= 4 is 17.7 Å². The predicted molar refractivity (Wildman–Crippen MR) is 116 cm³/mol. The highest BCUT2D eigenvalue weighted by molar-refractivity contribution is 7.99. The van der Waals surface area contributed by atoms with Gasteiger partial charge in [-0.1, -0.05) is 36.8 Å². The van der Waals surface area contributed by atoms with E-state index in [1.807, 2.05) is 24.6 Å². The summed E-state index contributed by atoms with van der Waals surface area (Å²) in [5.41, 5.74) is 3.43. The number of rotatable bonds is 8. The molecule has 30 heavy (non-hydrogen) atoms. The number of amides is 1. The molecule has 1 aliphatic carbocycles. The maximum atomic E-state index is 12.7. The minimum atomic E-state index is -0.294. The number of hydrogen-bond acceptors (Lipinski definition) is 6. The Labute approximate surface area is 180 Å². The molecule has 0 aliphatic heterocycles. The lowest BCUT2D eigenvalue weighted by Gasteiger charge is -2.18. The van der Waals surface area contributed by atoms with Crippen molar-refractivity contribution < 1.29 is 9.32 Å². The molecule has 3 aromatic rings. The fraction of sp³-hybridized carbons (Fsp3) is 0.455. The van der Waals surface area contributed by atoms with Gasteiger partial charge in [-0.3, -0.25) is 9.36 Å². The maximum Gasteiger partial charge on any atom is 0.249 e. The van der Waals surface area contributed by atoms with Crippen molar-refractivity contribution in [1.82, 2.24) is 25.0 Å². The summed E-state index contributed by atoms with van der Waals surface area (Å²) in [5.74, 6) is 1.99. The fourth-order valence-electron chi connectivity index (χ4n) is 3.42. The van der Waals surface area contributed by atoms with Crippen LogP contribution in [0.3, 0.4) is 0 Å². The van der Waals surface area contributed by atoms with Gasteiger partial charge < -0.3 is 9.84 Å². The second-order valence-electron chi connectivity index (χ2n) is 8.27. The highest BCUT2D eigenvalue weighted by Gasteiger charge is 2.31. The minimum absolute atomic E-state index is 0.0835. The second kappa shape index (κ2) is 8.63. The average Bonchev–Trinajstić information content (AvgIpc) is 3.23. The van der Waals surface area contributed by atoms with E-state index in [0.717, 1.165) is 29.5 Å². The van der Waals surface area contributed by atoms with Crippen molar-refractivity contribution in [2.75, 3.05) is 5.75 Å².